The Hall–Kier alpha value is -4.43. The predicted molar refractivity (Wildman–Crippen MR) is 150 cm³/mol. The van der Waals surface area contributed by atoms with Gasteiger partial charge in [0.2, 0.25) is 0 Å². The molecule has 3 aromatic heterocycles. The number of benzene rings is 1. The van der Waals surface area contributed by atoms with E-state index < -0.39 is 17.8 Å². The van der Waals surface area contributed by atoms with Crippen molar-refractivity contribution in [2.75, 3.05) is 24.1 Å². The number of carbonyl (C=O) groups is 2. The molecule has 1 fully saturated rings. The third kappa shape index (κ3) is 5.54. The molecular weight excluding hydrogens is 575 g/mol. The van der Waals surface area contributed by atoms with Crippen molar-refractivity contribution in [2.24, 2.45) is 7.05 Å². The highest BCUT2D eigenvalue weighted by Gasteiger charge is 2.39. The van der Waals surface area contributed by atoms with Crippen LogP contribution >= 0.6 is 11.6 Å². The van der Waals surface area contributed by atoms with E-state index in [0.717, 1.165) is 17.1 Å². The molecule has 1 aromatic carbocycles. The number of pyridine rings is 1. The van der Waals surface area contributed by atoms with Crippen LogP contribution in [0, 0.1) is 0 Å². The Labute approximate surface area is 243 Å². The van der Waals surface area contributed by atoms with Gasteiger partial charge in [-0.15, -0.1) is 0 Å². The van der Waals surface area contributed by atoms with E-state index in [1.165, 1.54) is 48.1 Å². The molecule has 1 aliphatic rings. The van der Waals surface area contributed by atoms with Gasteiger partial charge in [-0.05, 0) is 44.2 Å². The number of hydrogen-bond donors (Lipinski definition) is 3. The Bertz CT molecular complexity index is 1640. The molecule has 15 heteroatoms. The lowest BCUT2D eigenvalue weighted by Crippen LogP contribution is -2.57. The Kier molecular flexibility index (Phi) is 7.68. The SMILES string of the molecule is C[C@@H]1CNC[C@H](C)N1C(=O)c1ccc(NC(=O)c2ncc(-c3cn(-c4ccc(N)cn4)nc3C(F)(F)F)n2C)cc1Cl. The second kappa shape index (κ2) is 11.1. The van der Waals surface area contributed by atoms with Gasteiger partial charge in [0.05, 0.1) is 39.9 Å². The molecule has 1 saturated heterocycles. The van der Waals surface area contributed by atoms with E-state index in [9.17, 15) is 22.8 Å². The van der Waals surface area contributed by atoms with Gasteiger partial charge in [0.15, 0.2) is 17.3 Å². The summed E-state index contributed by atoms with van der Waals surface area (Å²) in [6, 6.07) is 7.38. The van der Waals surface area contributed by atoms with Crippen molar-refractivity contribution in [3.05, 3.63) is 71.0 Å². The van der Waals surface area contributed by atoms with E-state index in [-0.39, 0.29) is 51.6 Å². The first kappa shape index (κ1) is 29.1. The number of alkyl halides is 3. The van der Waals surface area contributed by atoms with Crippen LogP contribution < -0.4 is 16.4 Å². The van der Waals surface area contributed by atoms with Crippen LogP contribution in [-0.2, 0) is 13.2 Å². The minimum Gasteiger partial charge on any atom is -0.397 e. The monoisotopic (exact) mass is 601 g/mol. The average Bonchev–Trinajstić information content (AvgIpc) is 3.53. The Morgan fingerprint density at radius 1 is 1.10 bits per heavy atom. The quantitative estimate of drug-likeness (QED) is 0.315. The summed E-state index contributed by atoms with van der Waals surface area (Å²) in [6.45, 7) is 5.22. The molecule has 0 bridgehead atoms. The van der Waals surface area contributed by atoms with Crippen molar-refractivity contribution < 1.29 is 22.8 Å². The zero-order chi connectivity index (χ0) is 30.3. The molecule has 1 aliphatic heterocycles. The highest BCUT2D eigenvalue weighted by atomic mass is 35.5. The fraction of sp³-hybridized carbons (Fsp3) is 0.296. The maximum Gasteiger partial charge on any atom is 0.435 e. The highest BCUT2D eigenvalue weighted by molar-refractivity contribution is 6.34. The molecule has 0 aliphatic carbocycles. The number of rotatable bonds is 5. The molecule has 0 radical (unpaired) electrons. The molecule has 4 N–H and O–H groups in total. The van der Waals surface area contributed by atoms with Crippen LogP contribution in [0.5, 0.6) is 0 Å². The number of imidazole rings is 1. The van der Waals surface area contributed by atoms with Gasteiger partial charge < -0.3 is 25.8 Å². The molecule has 0 spiro atoms. The van der Waals surface area contributed by atoms with E-state index in [2.05, 4.69) is 25.7 Å². The first-order valence-corrected chi connectivity index (χ1v) is 13.3. The lowest BCUT2D eigenvalue weighted by molar-refractivity contribution is -0.140. The normalized spacial score (nSPS) is 17.4. The molecule has 220 valence electrons. The number of nitrogen functional groups attached to an aromatic ring is 1. The van der Waals surface area contributed by atoms with Crippen molar-refractivity contribution in [1.82, 2.24) is 34.5 Å². The maximum absolute atomic E-state index is 13.9. The number of amides is 2. The third-order valence-electron chi connectivity index (χ3n) is 6.98. The number of halogens is 4. The first-order chi connectivity index (χ1) is 19.8. The number of aromatic nitrogens is 5. The molecule has 42 heavy (non-hydrogen) atoms. The summed E-state index contributed by atoms with van der Waals surface area (Å²) in [7, 11) is 1.42. The Morgan fingerprint density at radius 2 is 1.81 bits per heavy atom. The number of hydrogen-bond acceptors (Lipinski definition) is 7. The summed E-state index contributed by atoms with van der Waals surface area (Å²) in [5.74, 6) is -0.940. The van der Waals surface area contributed by atoms with E-state index >= 15 is 0 Å². The van der Waals surface area contributed by atoms with Crippen molar-refractivity contribution in [3.8, 4) is 17.1 Å². The zero-order valence-electron chi connectivity index (χ0n) is 22.8. The van der Waals surface area contributed by atoms with Gasteiger partial charge in [-0.25, -0.2) is 14.6 Å². The van der Waals surface area contributed by atoms with Gasteiger partial charge in [-0.1, -0.05) is 11.6 Å². The first-order valence-electron chi connectivity index (χ1n) is 12.9. The van der Waals surface area contributed by atoms with Crippen LogP contribution in [0.4, 0.5) is 24.5 Å². The van der Waals surface area contributed by atoms with Gasteiger partial charge >= 0.3 is 6.18 Å². The topological polar surface area (TPSA) is 136 Å². The van der Waals surface area contributed by atoms with Crippen LogP contribution in [0.3, 0.4) is 0 Å². The fourth-order valence-electron chi connectivity index (χ4n) is 4.92. The summed E-state index contributed by atoms with van der Waals surface area (Å²) in [4.78, 5) is 36.2. The van der Waals surface area contributed by atoms with E-state index in [1.807, 2.05) is 13.8 Å². The van der Waals surface area contributed by atoms with Gasteiger partial charge in [0.25, 0.3) is 11.8 Å². The Balaban J connectivity index is 1.39. The molecule has 2 amide bonds. The number of anilines is 2. The van der Waals surface area contributed by atoms with Crippen LogP contribution in [0.25, 0.3) is 17.1 Å². The van der Waals surface area contributed by atoms with Crippen LogP contribution in [0.1, 0.15) is 40.5 Å². The standard InChI is InChI=1S/C27H27ClF3N9O2/c1-14-9-33-10-15(2)40(14)26(42)18-6-5-17(8-20(18)28)36-25(41)24-35-12-21(38(24)3)19-13-39(37-23(19)27(29,30)31)22-7-4-16(32)11-34-22/h4-8,11-15,33H,9-10,32H2,1-3H3,(H,36,41)/t14-,15+. The molecule has 4 heterocycles. The number of piperazine rings is 1. The second-order valence-corrected chi connectivity index (χ2v) is 10.4. The molecule has 5 rings (SSSR count). The van der Waals surface area contributed by atoms with Crippen LogP contribution in [0.15, 0.2) is 48.9 Å². The van der Waals surface area contributed by atoms with E-state index in [0.29, 0.717) is 24.3 Å². The molecular formula is C27H27ClF3N9O2. The summed E-state index contributed by atoms with van der Waals surface area (Å²) in [5, 5.41) is 9.75. The molecule has 0 saturated carbocycles. The molecule has 11 nitrogen and oxygen atoms in total. The highest BCUT2D eigenvalue weighted by Crippen LogP contribution is 2.37. The summed E-state index contributed by atoms with van der Waals surface area (Å²) in [6.07, 6.45) is -1.17. The number of nitrogens with zero attached hydrogens (tertiary/aromatic N) is 6. The zero-order valence-corrected chi connectivity index (χ0v) is 23.5. The Morgan fingerprint density at radius 3 is 2.43 bits per heavy atom. The number of nitrogens with one attached hydrogen (secondary N) is 2. The summed E-state index contributed by atoms with van der Waals surface area (Å²) in [5.41, 5.74) is 5.09. The van der Waals surface area contributed by atoms with E-state index in [1.54, 1.807) is 4.90 Å². The lowest BCUT2D eigenvalue weighted by Gasteiger charge is -2.39. The van der Waals surface area contributed by atoms with Crippen LogP contribution in [0.2, 0.25) is 5.02 Å². The molecule has 4 aromatic rings. The minimum absolute atomic E-state index is 0.00686. The smallest absolute Gasteiger partial charge is 0.397 e. The van der Waals surface area contributed by atoms with Crippen molar-refractivity contribution in [1.29, 1.82) is 0 Å². The van der Waals surface area contributed by atoms with Gasteiger partial charge in [0.1, 0.15) is 0 Å². The molecule has 0 unspecified atom stereocenters. The van der Waals surface area contributed by atoms with Crippen LogP contribution in [-0.4, -0.2) is 66.2 Å². The van der Waals surface area contributed by atoms with Gasteiger partial charge in [0, 0.05) is 44.1 Å². The lowest BCUT2D eigenvalue weighted by atomic mass is 10.1. The van der Waals surface area contributed by atoms with Crippen molar-refractivity contribution in [3.63, 3.8) is 0 Å². The second-order valence-electron chi connectivity index (χ2n) is 10.0. The predicted octanol–water partition coefficient (Wildman–Crippen LogP) is 4.00. The molecule has 2 atom stereocenters. The van der Waals surface area contributed by atoms with E-state index in [4.69, 9.17) is 17.3 Å². The van der Waals surface area contributed by atoms with Gasteiger partial charge in [-0.3, -0.25) is 9.59 Å². The van der Waals surface area contributed by atoms with Crippen molar-refractivity contribution in [2.45, 2.75) is 32.1 Å². The average molecular weight is 602 g/mol. The maximum atomic E-state index is 13.9. The minimum atomic E-state index is -4.79. The number of carbonyl (C=O) groups excluding carboxylic acids is 2. The largest absolute Gasteiger partial charge is 0.435 e. The van der Waals surface area contributed by atoms with Gasteiger partial charge in [-0.2, -0.15) is 18.3 Å². The van der Waals surface area contributed by atoms with Crippen molar-refractivity contribution >= 4 is 34.8 Å². The summed E-state index contributed by atoms with van der Waals surface area (Å²) < 4.78 is 44.0. The third-order valence-corrected chi connectivity index (χ3v) is 7.29. The number of nitrogens with two attached hydrogens (primary N) is 1. The fourth-order valence-corrected chi connectivity index (χ4v) is 5.18. The summed E-state index contributed by atoms with van der Waals surface area (Å²) >= 11 is 6.44.